The molecule has 1 aromatic rings. The molecule has 19 heavy (non-hydrogen) atoms. The first-order chi connectivity index (χ1) is 9.08. The van der Waals surface area contributed by atoms with E-state index in [4.69, 9.17) is 5.73 Å². The summed E-state index contributed by atoms with van der Waals surface area (Å²) < 4.78 is 0. The van der Waals surface area contributed by atoms with E-state index in [2.05, 4.69) is 16.2 Å². The van der Waals surface area contributed by atoms with Crippen LogP contribution in [0.1, 0.15) is 23.2 Å². The van der Waals surface area contributed by atoms with Crippen LogP contribution >= 0.6 is 0 Å². The molecule has 0 saturated carbocycles. The molecule has 5 N–H and O–H groups in total. The summed E-state index contributed by atoms with van der Waals surface area (Å²) >= 11 is 0. The summed E-state index contributed by atoms with van der Waals surface area (Å²) in [4.78, 5) is 34.2. The number of hydrazine groups is 1. The average Bonchev–Trinajstić information content (AvgIpc) is 2.39. The van der Waals surface area contributed by atoms with Crippen LogP contribution in [0.4, 0.5) is 5.69 Å². The second-order valence-electron chi connectivity index (χ2n) is 4.18. The molecule has 0 aliphatic carbocycles. The molecule has 1 aliphatic rings. The van der Waals surface area contributed by atoms with Crippen LogP contribution in [0.15, 0.2) is 24.3 Å². The Labute approximate surface area is 109 Å². The molecule has 2 rings (SSSR count). The molecule has 1 aromatic carbocycles. The minimum absolute atomic E-state index is 0.151. The second-order valence-corrected chi connectivity index (χ2v) is 4.18. The third-order valence-electron chi connectivity index (χ3n) is 2.81. The second kappa shape index (κ2) is 5.49. The molecule has 0 bridgehead atoms. The number of hydrogen-bond donors (Lipinski definition) is 4. The summed E-state index contributed by atoms with van der Waals surface area (Å²) in [6.45, 7) is 0. The number of nitrogens with two attached hydrogens (primary N) is 1. The highest BCUT2D eigenvalue weighted by Crippen LogP contribution is 2.15. The van der Waals surface area contributed by atoms with E-state index in [1.54, 1.807) is 18.2 Å². The van der Waals surface area contributed by atoms with Gasteiger partial charge in [-0.25, -0.2) is 5.43 Å². The van der Waals surface area contributed by atoms with E-state index in [1.807, 2.05) is 0 Å². The third-order valence-corrected chi connectivity index (χ3v) is 2.81. The maximum absolute atomic E-state index is 12.0. The summed E-state index contributed by atoms with van der Waals surface area (Å²) in [5.74, 6) is -1.09. The zero-order chi connectivity index (χ0) is 13.8. The Kier molecular flexibility index (Phi) is 3.76. The Morgan fingerprint density at radius 2 is 2.05 bits per heavy atom. The number of amides is 3. The SMILES string of the molecule is NC(=O)c1ccccc1NC(=O)C1CCC(=O)NN1. The summed E-state index contributed by atoms with van der Waals surface area (Å²) in [5.41, 5.74) is 10.8. The molecule has 1 unspecified atom stereocenters. The fourth-order valence-electron chi connectivity index (χ4n) is 1.80. The Hall–Kier alpha value is -2.41. The van der Waals surface area contributed by atoms with Crippen molar-refractivity contribution in [1.29, 1.82) is 0 Å². The van der Waals surface area contributed by atoms with E-state index in [0.29, 0.717) is 12.1 Å². The zero-order valence-corrected chi connectivity index (χ0v) is 10.1. The molecule has 100 valence electrons. The smallest absolute Gasteiger partial charge is 0.250 e. The van der Waals surface area contributed by atoms with Crippen molar-refractivity contribution < 1.29 is 14.4 Å². The lowest BCUT2D eigenvalue weighted by molar-refractivity contribution is -0.126. The largest absolute Gasteiger partial charge is 0.366 e. The predicted octanol–water partition coefficient (Wildman–Crippen LogP) is -0.493. The van der Waals surface area contributed by atoms with E-state index >= 15 is 0 Å². The minimum Gasteiger partial charge on any atom is -0.366 e. The molecule has 1 fully saturated rings. The fourth-order valence-corrected chi connectivity index (χ4v) is 1.80. The molecule has 0 radical (unpaired) electrons. The number of anilines is 1. The number of benzene rings is 1. The van der Waals surface area contributed by atoms with Crippen LogP contribution in [0, 0.1) is 0 Å². The van der Waals surface area contributed by atoms with Crippen LogP contribution in [-0.2, 0) is 9.59 Å². The van der Waals surface area contributed by atoms with Gasteiger partial charge in [-0.2, -0.15) is 0 Å². The first-order valence-electron chi connectivity index (χ1n) is 5.82. The highest BCUT2D eigenvalue weighted by atomic mass is 16.2. The van der Waals surface area contributed by atoms with Crippen LogP contribution in [-0.4, -0.2) is 23.8 Å². The molecule has 7 nitrogen and oxygen atoms in total. The minimum atomic E-state index is -0.610. The Bertz CT molecular complexity index is 519. The number of hydrogen-bond acceptors (Lipinski definition) is 4. The summed E-state index contributed by atoms with van der Waals surface area (Å²) in [7, 11) is 0. The summed E-state index contributed by atoms with van der Waals surface area (Å²) in [6, 6.07) is 5.96. The van der Waals surface area contributed by atoms with Gasteiger partial charge in [-0.1, -0.05) is 12.1 Å². The molecular weight excluding hydrogens is 248 g/mol. The number of nitrogens with one attached hydrogen (secondary N) is 3. The molecule has 0 spiro atoms. The summed E-state index contributed by atoms with van der Waals surface area (Å²) in [6.07, 6.45) is 0.680. The van der Waals surface area contributed by atoms with Gasteiger partial charge >= 0.3 is 0 Å². The van der Waals surface area contributed by atoms with E-state index < -0.39 is 11.9 Å². The molecule has 3 amide bonds. The number of primary amides is 1. The molecular formula is C12H14N4O3. The van der Waals surface area contributed by atoms with Gasteiger partial charge < -0.3 is 11.1 Å². The van der Waals surface area contributed by atoms with Gasteiger partial charge in [0.05, 0.1) is 11.3 Å². The molecule has 1 atom stereocenters. The number of para-hydroxylation sites is 1. The van der Waals surface area contributed by atoms with Crippen molar-refractivity contribution in [3.05, 3.63) is 29.8 Å². The lowest BCUT2D eigenvalue weighted by Crippen LogP contribution is -2.54. The highest BCUT2D eigenvalue weighted by Gasteiger charge is 2.24. The first-order valence-corrected chi connectivity index (χ1v) is 5.82. The summed E-state index contributed by atoms with van der Waals surface area (Å²) in [5, 5.41) is 2.62. The number of carbonyl (C=O) groups is 3. The standard InChI is InChI=1S/C12H14N4O3/c13-11(18)7-3-1-2-4-8(7)14-12(19)9-5-6-10(17)16-15-9/h1-4,9,15H,5-6H2,(H2,13,18)(H,14,19)(H,16,17). The van der Waals surface area contributed by atoms with Crippen LogP contribution in [0.2, 0.25) is 0 Å². The van der Waals surface area contributed by atoms with Gasteiger partial charge in [-0.05, 0) is 18.6 Å². The van der Waals surface area contributed by atoms with Crippen LogP contribution < -0.4 is 21.9 Å². The van der Waals surface area contributed by atoms with Gasteiger partial charge in [0, 0.05) is 6.42 Å². The molecule has 1 saturated heterocycles. The fraction of sp³-hybridized carbons (Fsp3) is 0.250. The van der Waals surface area contributed by atoms with Gasteiger partial charge in [0.15, 0.2) is 0 Å². The molecule has 7 heteroatoms. The van der Waals surface area contributed by atoms with Crippen LogP contribution in [0.25, 0.3) is 0 Å². The van der Waals surface area contributed by atoms with Crippen molar-refractivity contribution in [3.8, 4) is 0 Å². The van der Waals surface area contributed by atoms with Crippen molar-refractivity contribution in [3.63, 3.8) is 0 Å². The van der Waals surface area contributed by atoms with Crippen LogP contribution in [0.5, 0.6) is 0 Å². The van der Waals surface area contributed by atoms with Gasteiger partial charge in [-0.3, -0.25) is 19.8 Å². The number of carbonyl (C=O) groups excluding carboxylic acids is 3. The third kappa shape index (κ3) is 3.08. The first kappa shape index (κ1) is 13.0. The van der Waals surface area contributed by atoms with Gasteiger partial charge in [0.1, 0.15) is 6.04 Å². The van der Waals surface area contributed by atoms with Gasteiger partial charge in [0.25, 0.3) is 5.91 Å². The lowest BCUT2D eigenvalue weighted by Gasteiger charge is -2.23. The van der Waals surface area contributed by atoms with Crippen molar-refractivity contribution in [2.24, 2.45) is 5.73 Å². The normalized spacial score (nSPS) is 18.5. The zero-order valence-electron chi connectivity index (χ0n) is 10.1. The number of rotatable bonds is 3. The van der Waals surface area contributed by atoms with E-state index in [-0.39, 0.29) is 23.8 Å². The predicted molar refractivity (Wildman–Crippen MR) is 67.9 cm³/mol. The maximum Gasteiger partial charge on any atom is 0.250 e. The Morgan fingerprint density at radius 1 is 1.32 bits per heavy atom. The van der Waals surface area contributed by atoms with Crippen molar-refractivity contribution in [2.75, 3.05) is 5.32 Å². The molecule has 1 heterocycles. The van der Waals surface area contributed by atoms with Gasteiger partial charge in [0.2, 0.25) is 11.8 Å². The van der Waals surface area contributed by atoms with Crippen molar-refractivity contribution >= 4 is 23.4 Å². The highest BCUT2D eigenvalue weighted by molar-refractivity contribution is 6.04. The van der Waals surface area contributed by atoms with E-state index in [1.165, 1.54) is 6.07 Å². The van der Waals surface area contributed by atoms with Gasteiger partial charge in [-0.15, -0.1) is 0 Å². The van der Waals surface area contributed by atoms with E-state index in [9.17, 15) is 14.4 Å². The topological polar surface area (TPSA) is 113 Å². The Morgan fingerprint density at radius 3 is 2.68 bits per heavy atom. The lowest BCUT2D eigenvalue weighted by atomic mass is 10.1. The molecule has 0 aromatic heterocycles. The Balaban J connectivity index is 2.07. The monoisotopic (exact) mass is 262 g/mol. The van der Waals surface area contributed by atoms with Crippen molar-refractivity contribution in [1.82, 2.24) is 10.9 Å². The van der Waals surface area contributed by atoms with Crippen molar-refractivity contribution in [2.45, 2.75) is 18.9 Å². The quantitative estimate of drug-likeness (QED) is 0.588. The van der Waals surface area contributed by atoms with Crippen LogP contribution in [0.3, 0.4) is 0 Å². The molecule has 1 aliphatic heterocycles. The van der Waals surface area contributed by atoms with E-state index in [0.717, 1.165) is 0 Å². The average molecular weight is 262 g/mol. The maximum atomic E-state index is 12.0.